The van der Waals surface area contributed by atoms with E-state index in [0.717, 1.165) is 89.9 Å². The van der Waals surface area contributed by atoms with Crippen molar-refractivity contribution >= 4 is 17.9 Å². The maximum Gasteiger partial charge on any atom is 0.306 e. The summed E-state index contributed by atoms with van der Waals surface area (Å²) in [5.74, 6) is -1.16. The molecule has 0 heterocycles. The van der Waals surface area contributed by atoms with Gasteiger partial charge in [-0.15, -0.1) is 0 Å². The molecule has 0 bridgehead atoms. The number of ether oxygens (including phenoxy) is 3. The molecule has 0 aliphatic heterocycles. The maximum absolute atomic E-state index is 12.8. The maximum atomic E-state index is 12.8. The lowest BCUT2D eigenvalue weighted by atomic mass is 10.1. The minimum atomic E-state index is -0.860. The number of esters is 3. The number of hydrogen-bond acceptors (Lipinski definition) is 6. The first-order chi connectivity index (χ1) is 32.0. The molecule has 0 radical (unpaired) electrons. The molecule has 0 spiro atoms. The Kier molecular flexibility index (Phi) is 46.8. The van der Waals surface area contributed by atoms with E-state index in [1.165, 1.54) is 0 Å². The van der Waals surface area contributed by atoms with E-state index >= 15 is 0 Å². The van der Waals surface area contributed by atoms with Crippen molar-refractivity contribution in [2.24, 2.45) is 0 Å². The van der Waals surface area contributed by atoms with Crippen molar-refractivity contribution in [3.8, 4) is 0 Å². The number of allylic oxidation sites excluding steroid dienone is 30. The second-order valence-corrected chi connectivity index (χ2v) is 15.1. The molecule has 0 saturated heterocycles. The average molecular weight is 889 g/mol. The van der Waals surface area contributed by atoms with Gasteiger partial charge < -0.3 is 14.2 Å². The number of carbonyl (C=O) groups excluding carboxylic acids is 3. The largest absolute Gasteiger partial charge is 0.462 e. The topological polar surface area (TPSA) is 78.9 Å². The minimum absolute atomic E-state index is 0.159. The summed E-state index contributed by atoms with van der Waals surface area (Å²) in [7, 11) is 0. The Morgan fingerprint density at radius 2 is 0.677 bits per heavy atom. The fraction of sp³-hybridized carbons (Fsp3) is 0.441. The summed E-state index contributed by atoms with van der Waals surface area (Å²) in [6.45, 7) is 6.04. The van der Waals surface area contributed by atoms with Gasteiger partial charge in [0.1, 0.15) is 13.2 Å². The van der Waals surface area contributed by atoms with Crippen LogP contribution >= 0.6 is 0 Å². The van der Waals surface area contributed by atoms with Gasteiger partial charge in [-0.2, -0.15) is 0 Å². The summed E-state index contributed by atoms with van der Waals surface area (Å²) in [6, 6.07) is 0. The molecule has 1 unspecified atom stereocenters. The van der Waals surface area contributed by atoms with E-state index in [1.54, 1.807) is 0 Å². The molecular weight excluding hydrogens is 805 g/mol. The molecule has 0 aromatic rings. The van der Waals surface area contributed by atoms with E-state index in [0.29, 0.717) is 19.3 Å². The zero-order chi connectivity index (χ0) is 47.2. The Morgan fingerprint density at radius 3 is 1.15 bits per heavy atom. The average Bonchev–Trinajstić information content (AvgIpc) is 3.30. The van der Waals surface area contributed by atoms with Crippen LogP contribution in [0.4, 0.5) is 0 Å². The lowest BCUT2D eigenvalue weighted by molar-refractivity contribution is -0.166. The van der Waals surface area contributed by atoms with Crippen LogP contribution in [0.2, 0.25) is 0 Å². The predicted octanol–water partition coefficient (Wildman–Crippen LogP) is 16.2. The summed E-state index contributed by atoms with van der Waals surface area (Å²) >= 11 is 0. The molecule has 0 N–H and O–H groups in total. The zero-order valence-corrected chi connectivity index (χ0v) is 40.4. The second-order valence-electron chi connectivity index (χ2n) is 15.1. The van der Waals surface area contributed by atoms with Crippen LogP contribution < -0.4 is 0 Å². The monoisotopic (exact) mass is 889 g/mol. The third kappa shape index (κ3) is 49.4. The Hall–Kier alpha value is -5.49. The zero-order valence-electron chi connectivity index (χ0n) is 40.4. The Labute approximate surface area is 395 Å². The van der Waals surface area contributed by atoms with Crippen LogP contribution in [0.25, 0.3) is 0 Å². The quantitative estimate of drug-likeness (QED) is 0.0200. The summed E-state index contributed by atoms with van der Waals surface area (Å²) in [5.41, 5.74) is 0. The molecule has 0 aliphatic carbocycles. The van der Waals surface area contributed by atoms with E-state index in [4.69, 9.17) is 14.2 Å². The fourth-order valence-corrected chi connectivity index (χ4v) is 5.56. The van der Waals surface area contributed by atoms with Gasteiger partial charge >= 0.3 is 17.9 Å². The van der Waals surface area contributed by atoms with Crippen molar-refractivity contribution < 1.29 is 28.6 Å². The second kappa shape index (κ2) is 51.1. The van der Waals surface area contributed by atoms with Gasteiger partial charge in [0.15, 0.2) is 6.10 Å². The van der Waals surface area contributed by atoms with Crippen molar-refractivity contribution in [3.05, 3.63) is 182 Å². The Morgan fingerprint density at radius 1 is 0.323 bits per heavy atom. The number of unbranched alkanes of at least 4 members (excludes halogenated alkanes) is 6. The fourth-order valence-electron chi connectivity index (χ4n) is 5.56. The molecule has 6 nitrogen and oxygen atoms in total. The number of hydrogen-bond donors (Lipinski definition) is 0. The van der Waals surface area contributed by atoms with E-state index in [1.807, 2.05) is 97.2 Å². The van der Waals surface area contributed by atoms with Gasteiger partial charge in [-0.05, 0) is 89.9 Å². The van der Waals surface area contributed by atoms with Crippen LogP contribution in [0.5, 0.6) is 0 Å². The molecule has 0 aromatic heterocycles. The molecule has 0 rings (SSSR count). The smallest absolute Gasteiger partial charge is 0.306 e. The van der Waals surface area contributed by atoms with Gasteiger partial charge in [0.05, 0.1) is 0 Å². The van der Waals surface area contributed by atoms with Gasteiger partial charge in [0, 0.05) is 19.3 Å². The minimum Gasteiger partial charge on any atom is -0.462 e. The van der Waals surface area contributed by atoms with Crippen LogP contribution in [-0.4, -0.2) is 37.2 Å². The van der Waals surface area contributed by atoms with Gasteiger partial charge in [-0.25, -0.2) is 0 Å². The van der Waals surface area contributed by atoms with Gasteiger partial charge in [0.2, 0.25) is 0 Å². The third-order valence-corrected chi connectivity index (χ3v) is 9.12. The van der Waals surface area contributed by atoms with E-state index < -0.39 is 12.1 Å². The molecule has 0 amide bonds. The lowest BCUT2D eigenvalue weighted by Gasteiger charge is -2.18. The number of rotatable bonds is 40. The highest BCUT2D eigenvalue weighted by Gasteiger charge is 2.19. The molecular formula is C59H84O6. The van der Waals surface area contributed by atoms with Crippen molar-refractivity contribution in [1.29, 1.82) is 0 Å². The first-order valence-electron chi connectivity index (χ1n) is 24.4. The van der Waals surface area contributed by atoms with Crippen LogP contribution in [0.1, 0.15) is 149 Å². The normalized spacial score (nSPS) is 13.7. The predicted molar refractivity (Wildman–Crippen MR) is 278 cm³/mol. The first-order valence-corrected chi connectivity index (χ1v) is 24.4. The van der Waals surface area contributed by atoms with Crippen LogP contribution in [0.3, 0.4) is 0 Å². The standard InChI is InChI=1S/C59H84O6/c1-4-7-10-13-16-19-22-25-27-28-29-30-32-34-37-40-43-46-49-52-58(61)64-55-56(54-63-57(60)51-48-45-42-39-36-33-24-21-18-15-12-9-6-3)65-59(62)53-50-47-44-41-38-35-31-26-23-20-17-14-11-8-5-2/h7-12,14-21,23-27,29-31,33-34,36-37,39,42-43,46,56H,4-6,13,22,28,32,35,38,40-41,44-45,47-55H2,1-3H3/b10-7-,11-8-,12-9-,17-14-,18-15-,19-16-,23-20-,24-21-,27-25-,30-29-,31-26-,36-33-,37-34-,42-39-,46-43-. The van der Waals surface area contributed by atoms with Crippen LogP contribution in [0, 0.1) is 0 Å². The highest BCUT2D eigenvalue weighted by molar-refractivity contribution is 5.71. The van der Waals surface area contributed by atoms with Gasteiger partial charge in [0.25, 0.3) is 0 Å². The van der Waals surface area contributed by atoms with Crippen molar-refractivity contribution in [2.75, 3.05) is 13.2 Å². The van der Waals surface area contributed by atoms with Gasteiger partial charge in [-0.1, -0.05) is 222 Å². The van der Waals surface area contributed by atoms with Crippen LogP contribution in [-0.2, 0) is 28.6 Å². The summed E-state index contributed by atoms with van der Waals surface area (Å²) < 4.78 is 16.6. The van der Waals surface area contributed by atoms with Crippen LogP contribution in [0.15, 0.2) is 182 Å². The Bertz CT molecular complexity index is 1630. The molecule has 0 fully saturated rings. The molecule has 356 valence electrons. The molecule has 0 saturated carbocycles. The lowest BCUT2D eigenvalue weighted by Crippen LogP contribution is -2.30. The molecule has 0 aromatic carbocycles. The van der Waals surface area contributed by atoms with Crippen molar-refractivity contribution in [3.63, 3.8) is 0 Å². The molecule has 1 atom stereocenters. The highest BCUT2D eigenvalue weighted by Crippen LogP contribution is 2.11. The van der Waals surface area contributed by atoms with E-state index in [-0.39, 0.29) is 44.4 Å². The third-order valence-electron chi connectivity index (χ3n) is 9.12. The summed E-state index contributed by atoms with van der Waals surface area (Å²) in [4.78, 5) is 37.9. The van der Waals surface area contributed by atoms with E-state index in [2.05, 4.69) is 106 Å². The summed E-state index contributed by atoms with van der Waals surface area (Å²) in [5, 5.41) is 0. The number of carbonyl (C=O) groups is 3. The highest BCUT2D eigenvalue weighted by atomic mass is 16.6. The Balaban J connectivity index is 4.69. The molecule has 0 aliphatic rings. The first kappa shape index (κ1) is 59.5. The van der Waals surface area contributed by atoms with Crippen molar-refractivity contribution in [1.82, 2.24) is 0 Å². The summed E-state index contributed by atoms with van der Waals surface area (Å²) in [6.07, 6.45) is 77.5. The molecule has 6 heteroatoms. The van der Waals surface area contributed by atoms with Gasteiger partial charge in [-0.3, -0.25) is 14.4 Å². The molecule has 65 heavy (non-hydrogen) atoms. The van der Waals surface area contributed by atoms with E-state index in [9.17, 15) is 14.4 Å². The van der Waals surface area contributed by atoms with Crippen molar-refractivity contribution in [2.45, 2.75) is 155 Å². The SMILES string of the molecule is CC\C=C/C=C\C=C/C=C\C=C/CCCC(=O)OCC(COC(=O)CC/C=C\C/C=C\C/C=C\C/C=C\C/C=C\C/C=C\CC)OC(=O)CCCCCCC\C=C/C=C\C=C/C=C\CC.